The Labute approximate surface area is 102 Å². The Kier molecular flexibility index (Phi) is 3.35. The smallest absolute Gasteiger partial charge is 0.229 e. The monoisotopic (exact) mass is 251 g/mol. The number of carbonyl (C=O) groups excluding carboxylic acids is 1. The van der Waals surface area contributed by atoms with Gasteiger partial charge >= 0.3 is 0 Å². The molecule has 0 amide bonds. The van der Waals surface area contributed by atoms with Crippen molar-refractivity contribution in [1.29, 1.82) is 0 Å². The quantitative estimate of drug-likeness (QED) is 0.784. The van der Waals surface area contributed by atoms with Gasteiger partial charge < -0.3 is 4.74 Å². The Hall–Kier alpha value is -1.94. The van der Waals surface area contributed by atoms with Crippen LogP contribution in [-0.2, 0) is 0 Å². The average Bonchev–Trinajstić information content (AvgIpc) is 2.35. The summed E-state index contributed by atoms with van der Waals surface area (Å²) < 4.78 is 18.8. The fraction of sp³-hybridized carbons (Fsp3) is 0. The van der Waals surface area contributed by atoms with Gasteiger partial charge in [0.05, 0.1) is 10.6 Å². The Bertz CT molecular complexity index is 560. The van der Waals surface area contributed by atoms with E-state index < -0.39 is 5.82 Å². The van der Waals surface area contributed by atoms with E-state index in [0.717, 1.165) is 0 Å². The molecule has 17 heavy (non-hydrogen) atoms. The lowest BCUT2D eigenvalue weighted by Crippen LogP contribution is -1.95. The number of hydrogen-bond donors (Lipinski definition) is 0. The summed E-state index contributed by atoms with van der Waals surface area (Å²) in [5.41, 5.74) is 0.242. The molecule has 0 aliphatic heterocycles. The number of aldehydes is 1. The Balaban J connectivity index is 2.38. The molecule has 0 unspecified atom stereocenters. The highest BCUT2D eigenvalue weighted by molar-refractivity contribution is 6.30. The van der Waals surface area contributed by atoms with Crippen LogP contribution in [-0.4, -0.2) is 11.3 Å². The largest absolute Gasteiger partial charge is 0.435 e. The molecule has 0 aliphatic rings. The zero-order valence-corrected chi connectivity index (χ0v) is 9.32. The standard InChI is InChI=1S/C12H7ClFNO2/c13-9-4-1-5-10(11(9)14)17-12-8(7-16)3-2-6-15-12/h1-7H. The van der Waals surface area contributed by atoms with Crippen molar-refractivity contribution < 1.29 is 13.9 Å². The second-order valence-corrected chi connectivity index (χ2v) is 3.58. The molecule has 86 valence electrons. The van der Waals surface area contributed by atoms with Gasteiger partial charge in [-0.25, -0.2) is 9.37 Å². The van der Waals surface area contributed by atoms with E-state index in [2.05, 4.69) is 4.98 Å². The van der Waals surface area contributed by atoms with Crippen LogP contribution >= 0.6 is 11.6 Å². The minimum Gasteiger partial charge on any atom is -0.435 e. The summed E-state index contributed by atoms with van der Waals surface area (Å²) in [4.78, 5) is 14.6. The van der Waals surface area contributed by atoms with Crippen LogP contribution in [0.2, 0.25) is 5.02 Å². The summed E-state index contributed by atoms with van der Waals surface area (Å²) in [6.07, 6.45) is 2.04. The van der Waals surface area contributed by atoms with E-state index in [1.54, 1.807) is 12.1 Å². The highest BCUT2D eigenvalue weighted by atomic mass is 35.5. The summed E-state index contributed by atoms with van der Waals surface area (Å²) in [5, 5.41) is -0.0499. The van der Waals surface area contributed by atoms with Crippen LogP contribution in [0.15, 0.2) is 36.5 Å². The Morgan fingerprint density at radius 2 is 2.12 bits per heavy atom. The molecule has 2 rings (SSSR count). The van der Waals surface area contributed by atoms with E-state index in [4.69, 9.17) is 16.3 Å². The van der Waals surface area contributed by atoms with Crippen molar-refractivity contribution in [1.82, 2.24) is 4.98 Å². The molecule has 0 saturated carbocycles. The maximum absolute atomic E-state index is 13.5. The molecule has 2 aromatic rings. The second-order valence-electron chi connectivity index (χ2n) is 3.17. The third kappa shape index (κ3) is 2.42. The molecule has 0 saturated heterocycles. The van der Waals surface area contributed by atoms with Crippen LogP contribution < -0.4 is 4.74 Å². The van der Waals surface area contributed by atoms with Crippen LogP contribution in [0.25, 0.3) is 0 Å². The first-order valence-corrected chi connectivity index (χ1v) is 5.12. The lowest BCUT2D eigenvalue weighted by atomic mass is 10.3. The summed E-state index contributed by atoms with van der Waals surface area (Å²) in [5.74, 6) is -0.709. The molecule has 1 heterocycles. The number of nitrogens with zero attached hydrogens (tertiary/aromatic N) is 1. The van der Waals surface area contributed by atoms with Crippen molar-refractivity contribution in [2.45, 2.75) is 0 Å². The van der Waals surface area contributed by atoms with Gasteiger partial charge in [-0.05, 0) is 24.3 Å². The van der Waals surface area contributed by atoms with Crippen LogP contribution in [0.1, 0.15) is 10.4 Å². The van der Waals surface area contributed by atoms with Crippen LogP contribution in [0.3, 0.4) is 0 Å². The first-order chi connectivity index (χ1) is 8.22. The number of benzene rings is 1. The van der Waals surface area contributed by atoms with Crippen molar-refractivity contribution in [3.63, 3.8) is 0 Å². The van der Waals surface area contributed by atoms with Crippen molar-refractivity contribution in [2.75, 3.05) is 0 Å². The third-order valence-corrected chi connectivity index (χ3v) is 2.34. The molecular weight excluding hydrogens is 245 g/mol. The second kappa shape index (κ2) is 4.93. The summed E-state index contributed by atoms with van der Waals surface area (Å²) >= 11 is 5.61. The van der Waals surface area contributed by atoms with E-state index in [-0.39, 0.29) is 22.2 Å². The SMILES string of the molecule is O=Cc1cccnc1Oc1cccc(Cl)c1F. The lowest BCUT2D eigenvalue weighted by Gasteiger charge is -2.07. The van der Waals surface area contributed by atoms with Gasteiger partial charge in [-0.2, -0.15) is 0 Å². The fourth-order valence-corrected chi connectivity index (χ4v) is 1.41. The van der Waals surface area contributed by atoms with Gasteiger partial charge in [-0.15, -0.1) is 0 Å². The summed E-state index contributed by atoms with van der Waals surface area (Å²) in [6.45, 7) is 0. The Morgan fingerprint density at radius 1 is 1.29 bits per heavy atom. The number of carbonyl (C=O) groups is 1. The van der Waals surface area contributed by atoms with Crippen LogP contribution in [0, 0.1) is 5.82 Å². The topological polar surface area (TPSA) is 39.2 Å². The molecule has 0 fully saturated rings. The van der Waals surface area contributed by atoms with E-state index in [9.17, 15) is 9.18 Å². The van der Waals surface area contributed by atoms with Crippen molar-refractivity contribution in [3.8, 4) is 11.6 Å². The number of pyridine rings is 1. The predicted octanol–water partition coefficient (Wildman–Crippen LogP) is 3.48. The number of rotatable bonds is 3. The van der Waals surface area contributed by atoms with E-state index in [0.29, 0.717) is 6.29 Å². The summed E-state index contributed by atoms with van der Waals surface area (Å²) in [7, 11) is 0. The molecule has 0 radical (unpaired) electrons. The first-order valence-electron chi connectivity index (χ1n) is 4.74. The van der Waals surface area contributed by atoms with E-state index in [1.165, 1.54) is 24.4 Å². The third-order valence-electron chi connectivity index (χ3n) is 2.05. The number of ether oxygens (including phenoxy) is 1. The van der Waals surface area contributed by atoms with Crippen LogP contribution in [0.4, 0.5) is 4.39 Å². The highest BCUT2D eigenvalue weighted by Crippen LogP contribution is 2.28. The van der Waals surface area contributed by atoms with E-state index >= 15 is 0 Å². The minimum absolute atomic E-state index is 0.0451. The zero-order valence-electron chi connectivity index (χ0n) is 8.56. The van der Waals surface area contributed by atoms with Crippen molar-refractivity contribution >= 4 is 17.9 Å². The van der Waals surface area contributed by atoms with Crippen LogP contribution in [0.5, 0.6) is 11.6 Å². The molecule has 0 N–H and O–H groups in total. The number of halogens is 2. The average molecular weight is 252 g/mol. The molecule has 3 nitrogen and oxygen atoms in total. The number of aromatic nitrogens is 1. The molecule has 0 bridgehead atoms. The van der Waals surface area contributed by atoms with Crippen molar-refractivity contribution in [2.24, 2.45) is 0 Å². The van der Waals surface area contributed by atoms with E-state index in [1.807, 2.05) is 0 Å². The van der Waals surface area contributed by atoms with Gasteiger partial charge in [-0.3, -0.25) is 4.79 Å². The maximum Gasteiger partial charge on any atom is 0.229 e. The van der Waals surface area contributed by atoms with Gasteiger partial charge in [0.1, 0.15) is 0 Å². The Morgan fingerprint density at radius 3 is 2.88 bits per heavy atom. The molecular formula is C12H7ClFNO2. The van der Waals surface area contributed by atoms with Gasteiger partial charge in [0, 0.05) is 6.20 Å². The van der Waals surface area contributed by atoms with Gasteiger partial charge in [-0.1, -0.05) is 17.7 Å². The molecule has 0 aliphatic carbocycles. The summed E-state index contributed by atoms with van der Waals surface area (Å²) in [6, 6.07) is 7.47. The van der Waals surface area contributed by atoms with Gasteiger partial charge in [0.15, 0.2) is 17.9 Å². The predicted molar refractivity (Wildman–Crippen MR) is 61.1 cm³/mol. The molecule has 0 spiro atoms. The zero-order chi connectivity index (χ0) is 12.3. The highest BCUT2D eigenvalue weighted by Gasteiger charge is 2.11. The molecule has 1 aromatic carbocycles. The molecule has 1 aromatic heterocycles. The van der Waals surface area contributed by atoms with Gasteiger partial charge in [0.2, 0.25) is 5.88 Å². The van der Waals surface area contributed by atoms with Gasteiger partial charge in [0.25, 0.3) is 0 Å². The molecule has 0 atom stereocenters. The number of hydrogen-bond acceptors (Lipinski definition) is 3. The lowest BCUT2D eigenvalue weighted by molar-refractivity contribution is 0.112. The van der Waals surface area contributed by atoms with Crippen molar-refractivity contribution in [3.05, 3.63) is 52.9 Å². The fourth-order valence-electron chi connectivity index (χ4n) is 1.25. The maximum atomic E-state index is 13.5. The molecule has 5 heteroatoms. The minimum atomic E-state index is -0.684. The normalized spacial score (nSPS) is 10.0. The first kappa shape index (κ1) is 11.5.